The largest absolute Gasteiger partial charge is 0.465 e. The van der Waals surface area contributed by atoms with Gasteiger partial charge in [-0.25, -0.2) is 0 Å². The summed E-state index contributed by atoms with van der Waals surface area (Å²) >= 11 is 0. The van der Waals surface area contributed by atoms with E-state index in [0.29, 0.717) is 19.0 Å². The molecule has 1 aliphatic rings. The zero-order valence-electron chi connectivity index (χ0n) is 15.3. The van der Waals surface area contributed by atoms with E-state index in [-0.39, 0.29) is 19.1 Å². The van der Waals surface area contributed by atoms with Gasteiger partial charge >= 0.3 is 5.97 Å². The van der Waals surface area contributed by atoms with Crippen molar-refractivity contribution < 1.29 is 14.6 Å². The third-order valence-electron chi connectivity index (χ3n) is 4.92. The third kappa shape index (κ3) is 3.45. The number of hydrogen-bond acceptors (Lipinski definition) is 6. The molecule has 1 N–H and O–H groups in total. The van der Waals surface area contributed by atoms with Crippen molar-refractivity contribution in [2.75, 3.05) is 13.2 Å². The Morgan fingerprint density at radius 3 is 2.93 bits per heavy atom. The molecule has 27 heavy (non-hydrogen) atoms. The van der Waals surface area contributed by atoms with Gasteiger partial charge in [-0.15, -0.1) is 10.2 Å². The first-order valence-electron chi connectivity index (χ1n) is 9.16. The summed E-state index contributed by atoms with van der Waals surface area (Å²) in [5.74, 6) is 1.27. The second-order valence-electron chi connectivity index (χ2n) is 6.66. The summed E-state index contributed by atoms with van der Waals surface area (Å²) in [6, 6.07) is 8.11. The first-order chi connectivity index (χ1) is 13.2. The molecule has 1 aliphatic heterocycles. The van der Waals surface area contributed by atoms with Crippen molar-refractivity contribution >= 4 is 16.9 Å². The number of aliphatic hydroxyl groups excluding tert-OH is 1. The van der Waals surface area contributed by atoms with Crippen molar-refractivity contribution in [2.45, 2.75) is 39.7 Å². The summed E-state index contributed by atoms with van der Waals surface area (Å²) in [5, 5.41) is 18.7. The molecule has 3 aromatic rings. The molecular weight excluding hydrogens is 346 g/mol. The van der Waals surface area contributed by atoms with Crippen LogP contribution in [0.25, 0.3) is 10.9 Å². The van der Waals surface area contributed by atoms with Gasteiger partial charge in [0, 0.05) is 36.7 Å². The van der Waals surface area contributed by atoms with E-state index in [4.69, 9.17) is 4.74 Å². The highest BCUT2D eigenvalue weighted by atomic mass is 16.5. The second kappa shape index (κ2) is 7.50. The van der Waals surface area contributed by atoms with Gasteiger partial charge in [0.05, 0.1) is 13.2 Å². The fourth-order valence-electron chi connectivity index (χ4n) is 3.69. The number of esters is 1. The zero-order chi connectivity index (χ0) is 18.8. The molecule has 4 rings (SSSR count). The predicted octanol–water partition coefficient (Wildman–Crippen LogP) is 1.30. The lowest BCUT2D eigenvalue weighted by atomic mass is 10.1. The van der Waals surface area contributed by atoms with Gasteiger partial charge in [-0.1, -0.05) is 18.2 Å². The summed E-state index contributed by atoms with van der Waals surface area (Å²) in [6.45, 7) is 5.39. The molecular formula is C19H23N5O3. The highest BCUT2D eigenvalue weighted by Gasteiger charge is 2.22. The molecule has 0 bridgehead atoms. The number of nitrogens with zero attached hydrogens (tertiary/aromatic N) is 5. The van der Waals surface area contributed by atoms with Crippen molar-refractivity contribution in [3.8, 4) is 0 Å². The number of hydrogen-bond donors (Lipinski definition) is 1. The SMILES string of the molecule is CCOC(=O)Cn1cc(CN2CCn3c(CO)nnc3C2)c2ccccc21. The fraction of sp³-hybridized carbons (Fsp3) is 0.421. The first kappa shape index (κ1) is 17.7. The lowest BCUT2D eigenvalue weighted by Crippen LogP contribution is -2.34. The molecule has 0 fully saturated rings. The minimum absolute atomic E-state index is 0.0889. The Morgan fingerprint density at radius 1 is 1.26 bits per heavy atom. The number of aliphatic hydroxyl groups is 1. The molecule has 3 heterocycles. The summed E-state index contributed by atoms with van der Waals surface area (Å²) in [5.41, 5.74) is 2.20. The van der Waals surface area contributed by atoms with Crippen LogP contribution in [0.15, 0.2) is 30.5 Å². The van der Waals surface area contributed by atoms with E-state index in [1.807, 2.05) is 40.5 Å². The molecule has 0 amide bonds. The number of aromatic nitrogens is 4. The maximum absolute atomic E-state index is 11.9. The van der Waals surface area contributed by atoms with E-state index in [9.17, 15) is 9.90 Å². The van der Waals surface area contributed by atoms with E-state index < -0.39 is 0 Å². The summed E-state index contributed by atoms with van der Waals surface area (Å²) < 4.78 is 9.04. The minimum atomic E-state index is -0.229. The molecule has 8 heteroatoms. The van der Waals surface area contributed by atoms with Gasteiger partial charge in [-0.05, 0) is 18.6 Å². The normalized spacial score (nSPS) is 14.4. The Bertz CT molecular complexity index is 962. The minimum Gasteiger partial charge on any atom is -0.465 e. The Kier molecular flexibility index (Phi) is 4.91. The van der Waals surface area contributed by atoms with E-state index in [0.717, 1.165) is 36.4 Å². The molecule has 0 aliphatic carbocycles. The maximum Gasteiger partial charge on any atom is 0.325 e. The van der Waals surface area contributed by atoms with Gasteiger partial charge in [0.15, 0.2) is 5.82 Å². The van der Waals surface area contributed by atoms with E-state index in [1.165, 1.54) is 5.56 Å². The summed E-state index contributed by atoms with van der Waals surface area (Å²) in [6.07, 6.45) is 2.04. The predicted molar refractivity (Wildman–Crippen MR) is 98.6 cm³/mol. The molecule has 8 nitrogen and oxygen atoms in total. The summed E-state index contributed by atoms with van der Waals surface area (Å²) in [4.78, 5) is 14.2. The Labute approximate surface area is 157 Å². The molecule has 0 atom stereocenters. The maximum atomic E-state index is 11.9. The van der Waals surface area contributed by atoms with Crippen molar-refractivity contribution in [3.63, 3.8) is 0 Å². The fourth-order valence-corrected chi connectivity index (χ4v) is 3.69. The van der Waals surface area contributed by atoms with Crippen LogP contribution < -0.4 is 0 Å². The number of rotatable bonds is 6. The van der Waals surface area contributed by atoms with Crippen LogP contribution >= 0.6 is 0 Å². The molecule has 0 spiro atoms. The first-order valence-corrected chi connectivity index (χ1v) is 9.16. The molecule has 142 valence electrons. The van der Waals surface area contributed by atoms with E-state index >= 15 is 0 Å². The Morgan fingerprint density at radius 2 is 2.11 bits per heavy atom. The van der Waals surface area contributed by atoms with Crippen LogP contribution in [0.2, 0.25) is 0 Å². The monoisotopic (exact) mass is 369 g/mol. The molecule has 0 saturated carbocycles. The van der Waals surface area contributed by atoms with Crippen LogP contribution in [-0.2, 0) is 42.3 Å². The summed E-state index contributed by atoms with van der Waals surface area (Å²) in [7, 11) is 0. The number of para-hydroxylation sites is 1. The smallest absolute Gasteiger partial charge is 0.325 e. The average molecular weight is 369 g/mol. The van der Waals surface area contributed by atoms with E-state index in [2.05, 4.69) is 21.2 Å². The van der Waals surface area contributed by atoms with Gasteiger partial charge in [0.1, 0.15) is 19.0 Å². The average Bonchev–Trinajstić information content (AvgIpc) is 3.23. The molecule has 0 radical (unpaired) electrons. The van der Waals surface area contributed by atoms with E-state index in [1.54, 1.807) is 0 Å². The molecule has 1 aromatic carbocycles. The number of carbonyl (C=O) groups is 1. The highest BCUT2D eigenvalue weighted by molar-refractivity contribution is 5.85. The van der Waals surface area contributed by atoms with Crippen LogP contribution in [0.4, 0.5) is 0 Å². The lowest BCUT2D eigenvalue weighted by Gasteiger charge is -2.27. The van der Waals surface area contributed by atoms with Gasteiger partial charge in [0.25, 0.3) is 0 Å². The quantitative estimate of drug-likeness (QED) is 0.660. The van der Waals surface area contributed by atoms with Gasteiger partial charge in [0.2, 0.25) is 0 Å². The van der Waals surface area contributed by atoms with Crippen molar-refractivity contribution in [1.29, 1.82) is 0 Å². The van der Waals surface area contributed by atoms with Crippen LogP contribution in [0.1, 0.15) is 24.1 Å². The number of fused-ring (bicyclic) bond motifs is 2. The zero-order valence-corrected chi connectivity index (χ0v) is 15.3. The Hall–Kier alpha value is -2.71. The van der Waals surface area contributed by atoms with Gasteiger partial charge < -0.3 is 19.0 Å². The van der Waals surface area contributed by atoms with Gasteiger partial charge in [-0.2, -0.15) is 0 Å². The number of ether oxygens (including phenoxy) is 1. The van der Waals surface area contributed by atoms with Crippen LogP contribution in [0.5, 0.6) is 0 Å². The second-order valence-corrected chi connectivity index (χ2v) is 6.66. The topological polar surface area (TPSA) is 85.4 Å². The van der Waals surface area contributed by atoms with Crippen molar-refractivity contribution in [2.24, 2.45) is 0 Å². The number of carbonyl (C=O) groups excluding carboxylic acids is 1. The van der Waals surface area contributed by atoms with Crippen molar-refractivity contribution in [1.82, 2.24) is 24.2 Å². The van der Waals surface area contributed by atoms with Gasteiger partial charge in [-0.3, -0.25) is 9.69 Å². The molecule has 2 aromatic heterocycles. The van der Waals surface area contributed by atoms with Crippen LogP contribution in [0, 0.1) is 0 Å². The highest BCUT2D eigenvalue weighted by Crippen LogP contribution is 2.24. The Balaban J connectivity index is 1.56. The number of benzene rings is 1. The molecule has 0 unspecified atom stereocenters. The van der Waals surface area contributed by atoms with Crippen molar-refractivity contribution in [3.05, 3.63) is 47.7 Å². The third-order valence-corrected chi connectivity index (χ3v) is 4.92. The lowest BCUT2D eigenvalue weighted by molar-refractivity contribution is -0.143. The van der Waals surface area contributed by atoms with Crippen LogP contribution in [0.3, 0.4) is 0 Å². The standard InChI is InChI=1S/C19H23N5O3/c1-2-27-19(26)12-23-10-14(15-5-3-4-6-16(15)23)9-22-7-8-24-17(11-22)20-21-18(24)13-25/h3-6,10,25H,2,7-9,11-13H2,1H3. The molecule has 0 saturated heterocycles. The van der Waals surface area contributed by atoms with Crippen LogP contribution in [-0.4, -0.2) is 48.5 Å².